The zero-order chi connectivity index (χ0) is 15.8. The van der Waals surface area contributed by atoms with Gasteiger partial charge < -0.3 is 20.1 Å². The number of hydrogen-bond donors (Lipinski definition) is 2. The lowest BCUT2D eigenvalue weighted by molar-refractivity contribution is 0.102. The molecule has 0 fully saturated rings. The third-order valence-electron chi connectivity index (χ3n) is 2.86. The third-order valence-corrected chi connectivity index (χ3v) is 2.86. The van der Waals surface area contributed by atoms with E-state index in [0.29, 0.717) is 30.4 Å². The zero-order valence-electron chi connectivity index (χ0n) is 12.5. The quantitative estimate of drug-likeness (QED) is 0.759. The number of carbonyl (C=O) groups excluding carboxylic acids is 1. The number of methoxy groups -OCH3 is 2. The van der Waals surface area contributed by atoms with E-state index < -0.39 is 0 Å². The predicted molar refractivity (Wildman–Crippen MR) is 83.3 cm³/mol. The molecule has 0 saturated carbocycles. The van der Waals surface area contributed by atoms with E-state index in [0.717, 1.165) is 0 Å². The summed E-state index contributed by atoms with van der Waals surface area (Å²) in [5.74, 6) is 0.827. The predicted octanol–water partition coefficient (Wildman–Crippen LogP) is 1.80. The Morgan fingerprint density at radius 3 is 2.64 bits per heavy atom. The van der Waals surface area contributed by atoms with Crippen molar-refractivity contribution in [3.05, 3.63) is 42.1 Å². The first-order valence-electron chi connectivity index (χ1n) is 6.75. The van der Waals surface area contributed by atoms with Gasteiger partial charge in [-0.1, -0.05) is 12.1 Å². The number of carbonyl (C=O) groups is 1. The molecule has 1 aromatic carbocycles. The van der Waals surface area contributed by atoms with Gasteiger partial charge in [0.15, 0.2) is 5.69 Å². The molecule has 0 radical (unpaired) electrons. The standard InChI is InChI=1S/C15H18N4O3/c1-21-10-9-16-14-8-7-12(18-19-14)15(20)17-11-5-3-4-6-13(11)22-2/h3-8H,9-10H2,1-2H3,(H,16,19)(H,17,20). The van der Waals surface area contributed by atoms with Crippen LogP contribution in [-0.4, -0.2) is 43.5 Å². The molecular formula is C15H18N4O3. The van der Waals surface area contributed by atoms with Crippen LogP contribution in [0.4, 0.5) is 11.5 Å². The number of benzene rings is 1. The van der Waals surface area contributed by atoms with Gasteiger partial charge >= 0.3 is 0 Å². The van der Waals surface area contributed by atoms with Crippen molar-refractivity contribution in [1.29, 1.82) is 0 Å². The first-order valence-corrected chi connectivity index (χ1v) is 6.75. The fourth-order valence-corrected chi connectivity index (χ4v) is 1.76. The van der Waals surface area contributed by atoms with Gasteiger partial charge in [0.1, 0.15) is 11.6 Å². The summed E-state index contributed by atoms with van der Waals surface area (Å²) in [6.07, 6.45) is 0. The summed E-state index contributed by atoms with van der Waals surface area (Å²) in [6, 6.07) is 10.5. The van der Waals surface area contributed by atoms with Gasteiger partial charge in [0.25, 0.3) is 5.91 Å². The van der Waals surface area contributed by atoms with Crippen LogP contribution >= 0.6 is 0 Å². The molecule has 7 heteroatoms. The summed E-state index contributed by atoms with van der Waals surface area (Å²) >= 11 is 0. The van der Waals surface area contributed by atoms with Gasteiger partial charge in [0.05, 0.1) is 19.4 Å². The van der Waals surface area contributed by atoms with Crippen LogP contribution in [0.1, 0.15) is 10.5 Å². The van der Waals surface area contributed by atoms with Crippen molar-refractivity contribution in [3.8, 4) is 5.75 Å². The highest BCUT2D eigenvalue weighted by molar-refractivity contribution is 6.03. The maximum Gasteiger partial charge on any atom is 0.276 e. The molecule has 0 atom stereocenters. The van der Waals surface area contributed by atoms with Gasteiger partial charge in [0, 0.05) is 13.7 Å². The molecule has 0 unspecified atom stereocenters. The maximum absolute atomic E-state index is 12.1. The van der Waals surface area contributed by atoms with E-state index in [1.165, 1.54) is 0 Å². The summed E-state index contributed by atoms with van der Waals surface area (Å²) < 4.78 is 10.1. The van der Waals surface area contributed by atoms with Gasteiger partial charge in [-0.15, -0.1) is 10.2 Å². The van der Waals surface area contributed by atoms with Crippen LogP contribution < -0.4 is 15.4 Å². The number of ether oxygens (including phenoxy) is 2. The highest BCUT2D eigenvalue weighted by atomic mass is 16.5. The average molecular weight is 302 g/mol. The van der Waals surface area contributed by atoms with Crippen molar-refractivity contribution >= 4 is 17.4 Å². The van der Waals surface area contributed by atoms with Crippen LogP contribution in [-0.2, 0) is 4.74 Å². The summed E-state index contributed by atoms with van der Waals surface area (Å²) in [6.45, 7) is 1.19. The Hall–Kier alpha value is -2.67. The lowest BCUT2D eigenvalue weighted by Crippen LogP contribution is -2.16. The Kier molecular flexibility index (Phi) is 5.67. The summed E-state index contributed by atoms with van der Waals surface area (Å²) in [5, 5.41) is 13.6. The van der Waals surface area contributed by atoms with Crippen LogP contribution in [0, 0.1) is 0 Å². The van der Waals surface area contributed by atoms with E-state index in [1.807, 2.05) is 12.1 Å². The third kappa shape index (κ3) is 4.16. The molecule has 0 aliphatic heterocycles. The fraction of sp³-hybridized carbons (Fsp3) is 0.267. The Morgan fingerprint density at radius 2 is 1.95 bits per heavy atom. The molecule has 2 rings (SSSR count). The van der Waals surface area contributed by atoms with E-state index in [2.05, 4.69) is 20.8 Å². The molecule has 0 spiro atoms. The molecule has 2 N–H and O–H groups in total. The summed E-state index contributed by atoms with van der Waals surface area (Å²) in [7, 11) is 3.17. The number of rotatable bonds is 7. The number of aromatic nitrogens is 2. The molecule has 7 nitrogen and oxygen atoms in total. The van der Waals surface area contributed by atoms with E-state index >= 15 is 0 Å². The Morgan fingerprint density at radius 1 is 1.14 bits per heavy atom. The van der Waals surface area contributed by atoms with Crippen LogP contribution in [0.3, 0.4) is 0 Å². The average Bonchev–Trinajstić information content (AvgIpc) is 2.56. The first-order chi connectivity index (χ1) is 10.7. The van der Waals surface area contributed by atoms with Gasteiger partial charge in [-0.05, 0) is 24.3 Å². The smallest absolute Gasteiger partial charge is 0.276 e. The Labute approximate surface area is 128 Å². The second kappa shape index (κ2) is 7.94. The SMILES string of the molecule is COCCNc1ccc(C(=O)Nc2ccccc2OC)nn1. The van der Waals surface area contributed by atoms with Gasteiger partial charge in [-0.3, -0.25) is 4.79 Å². The number of anilines is 2. The maximum atomic E-state index is 12.1. The molecule has 0 bridgehead atoms. The van der Waals surface area contributed by atoms with E-state index in [9.17, 15) is 4.79 Å². The van der Waals surface area contributed by atoms with Crippen LogP contribution in [0.15, 0.2) is 36.4 Å². The molecule has 1 heterocycles. The van der Waals surface area contributed by atoms with Crippen molar-refractivity contribution in [2.24, 2.45) is 0 Å². The molecule has 116 valence electrons. The largest absolute Gasteiger partial charge is 0.495 e. The highest BCUT2D eigenvalue weighted by Gasteiger charge is 2.11. The van der Waals surface area contributed by atoms with Gasteiger partial charge in [-0.2, -0.15) is 0 Å². The number of hydrogen-bond acceptors (Lipinski definition) is 6. The molecule has 1 amide bonds. The first kappa shape index (κ1) is 15.7. The topological polar surface area (TPSA) is 85.4 Å². The van der Waals surface area contributed by atoms with Crippen LogP contribution in [0.2, 0.25) is 0 Å². The van der Waals surface area contributed by atoms with Gasteiger partial charge in [0.2, 0.25) is 0 Å². The molecule has 0 aliphatic rings. The molecule has 2 aromatic rings. The van der Waals surface area contributed by atoms with Crippen LogP contribution in [0.25, 0.3) is 0 Å². The monoisotopic (exact) mass is 302 g/mol. The minimum atomic E-state index is -0.347. The van der Waals surface area contributed by atoms with Crippen molar-refractivity contribution < 1.29 is 14.3 Å². The number of amides is 1. The number of nitrogens with one attached hydrogen (secondary N) is 2. The Bertz CT molecular complexity index is 616. The van der Waals surface area contributed by atoms with Crippen molar-refractivity contribution in [1.82, 2.24) is 10.2 Å². The lowest BCUT2D eigenvalue weighted by atomic mass is 10.2. The molecular weight excluding hydrogens is 284 g/mol. The number of para-hydroxylation sites is 2. The van der Waals surface area contributed by atoms with E-state index in [1.54, 1.807) is 38.5 Å². The highest BCUT2D eigenvalue weighted by Crippen LogP contribution is 2.23. The second-order valence-corrected chi connectivity index (χ2v) is 4.38. The lowest BCUT2D eigenvalue weighted by Gasteiger charge is -2.09. The number of nitrogens with zero attached hydrogens (tertiary/aromatic N) is 2. The van der Waals surface area contributed by atoms with Crippen LogP contribution in [0.5, 0.6) is 5.75 Å². The van der Waals surface area contributed by atoms with E-state index in [4.69, 9.17) is 9.47 Å². The van der Waals surface area contributed by atoms with Crippen molar-refractivity contribution in [2.75, 3.05) is 38.0 Å². The molecule has 0 saturated heterocycles. The zero-order valence-corrected chi connectivity index (χ0v) is 12.5. The second-order valence-electron chi connectivity index (χ2n) is 4.38. The van der Waals surface area contributed by atoms with Crippen molar-refractivity contribution in [2.45, 2.75) is 0 Å². The molecule has 0 aliphatic carbocycles. The fourth-order valence-electron chi connectivity index (χ4n) is 1.76. The Balaban J connectivity index is 2.00. The van der Waals surface area contributed by atoms with E-state index in [-0.39, 0.29) is 11.6 Å². The molecule has 22 heavy (non-hydrogen) atoms. The normalized spacial score (nSPS) is 10.1. The minimum absolute atomic E-state index is 0.225. The van der Waals surface area contributed by atoms with Gasteiger partial charge in [-0.25, -0.2) is 0 Å². The minimum Gasteiger partial charge on any atom is -0.495 e. The van der Waals surface area contributed by atoms with Crippen molar-refractivity contribution in [3.63, 3.8) is 0 Å². The summed E-state index contributed by atoms with van der Waals surface area (Å²) in [4.78, 5) is 12.1. The summed E-state index contributed by atoms with van der Waals surface area (Å²) in [5.41, 5.74) is 0.808. The molecule has 1 aromatic heterocycles.